The van der Waals surface area contributed by atoms with Crippen LogP contribution in [0.1, 0.15) is 25.8 Å². The Morgan fingerprint density at radius 2 is 1.90 bits per heavy atom. The highest BCUT2D eigenvalue weighted by atomic mass is 19.1. The molecule has 0 spiro atoms. The monoisotopic (exact) mass is 423 g/mol. The lowest BCUT2D eigenvalue weighted by Crippen LogP contribution is -2.21. The van der Waals surface area contributed by atoms with Crippen LogP contribution in [-0.2, 0) is 6.54 Å². The highest BCUT2D eigenvalue weighted by molar-refractivity contribution is 5.89. The van der Waals surface area contributed by atoms with Crippen LogP contribution in [0.15, 0.2) is 48.9 Å². The average molecular weight is 423 g/mol. The number of fused-ring (bicyclic) bond motifs is 1. The van der Waals surface area contributed by atoms with Gasteiger partial charge in [0.15, 0.2) is 0 Å². The summed E-state index contributed by atoms with van der Waals surface area (Å²) in [5.74, 6) is -1.07. The largest absolute Gasteiger partial charge is 0.390 e. The molecule has 4 aromatic rings. The molecule has 0 radical (unpaired) electrons. The van der Waals surface area contributed by atoms with E-state index in [2.05, 4.69) is 20.4 Å². The normalized spacial score (nSPS) is 11.8. The number of nitrogens with one attached hydrogen (secondary N) is 1. The third-order valence-electron chi connectivity index (χ3n) is 4.98. The number of halogens is 2. The molecule has 0 saturated heterocycles. The van der Waals surface area contributed by atoms with Crippen LogP contribution >= 0.6 is 0 Å². The lowest BCUT2D eigenvalue weighted by molar-refractivity contribution is 0.0651. The highest BCUT2D eigenvalue weighted by Gasteiger charge is 2.15. The van der Waals surface area contributed by atoms with Crippen LogP contribution < -0.4 is 5.32 Å². The number of anilines is 2. The summed E-state index contributed by atoms with van der Waals surface area (Å²) in [5.41, 5.74) is 3.29. The second kappa shape index (κ2) is 8.03. The van der Waals surface area contributed by atoms with Crippen LogP contribution in [0.3, 0.4) is 0 Å². The van der Waals surface area contributed by atoms with Gasteiger partial charge >= 0.3 is 0 Å². The van der Waals surface area contributed by atoms with E-state index in [1.807, 2.05) is 13.1 Å². The van der Waals surface area contributed by atoms with Crippen molar-refractivity contribution in [1.82, 2.24) is 19.7 Å². The van der Waals surface area contributed by atoms with E-state index in [9.17, 15) is 13.9 Å². The van der Waals surface area contributed by atoms with E-state index in [0.29, 0.717) is 35.4 Å². The van der Waals surface area contributed by atoms with Crippen LogP contribution in [0.25, 0.3) is 22.3 Å². The predicted molar refractivity (Wildman–Crippen MR) is 116 cm³/mol. The first-order chi connectivity index (χ1) is 14.7. The molecule has 3 aromatic heterocycles. The minimum absolute atomic E-state index is 0.0961. The van der Waals surface area contributed by atoms with Crippen molar-refractivity contribution in [3.63, 3.8) is 0 Å². The summed E-state index contributed by atoms with van der Waals surface area (Å²) in [6.45, 7) is 5.94. The quantitative estimate of drug-likeness (QED) is 0.457. The molecule has 2 N–H and O–H groups in total. The molecule has 0 saturated carbocycles. The summed E-state index contributed by atoms with van der Waals surface area (Å²) < 4.78 is 29.6. The molecule has 4 rings (SSSR count). The number of rotatable bonds is 6. The Balaban J connectivity index is 1.67. The lowest BCUT2D eigenvalue weighted by atomic mass is 10.1. The Kier molecular flexibility index (Phi) is 5.41. The van der Waals surface area contributed by atoms with Crippen LogP contribution in [0, 0.1) is 18.6 Å². The fraction of sp³-hybridized carbons (Fsp3) is 0.261. The molecule has 3 heterocycles. The molecule has 0 unspecified atom stereocenters. The van der Waals surface area contributed by atoms with E-state index in [1.165, 1.54) is 0 Å². The number of hydrogen-bond donors (Lipinski definition) is 2. The first kappa shape index (κ1) is 20.9. The van der Waals surface area contributed by atoms with Crippen molar-refractivity contribution in [2.24, 2.45) is 0 Å². The molecule has 1 aromatic carbocycles. The third kappa shape index (κ3) is 4.69. The van der Waals surface area contributed by atoms with E-state index < -0.39 is 17.2 Å². The van der Waals surface area contributed by atoms with Crippen LogP contribution in [0.4, 0.5) is 20.2 Å². The summed E-state index contributed by atoms with van der Waals surface area (Å²) in [5, 5.41) is 17.9. The number of pyridine rings is 2. The van der Waals surface area contributed by atoms with E-state index in [1.54, 1.807) is 43.1 Å². The lowest BCUT2D eigenvalue weighted by Gasteiger charge is -2.16. The molecule has 0 aliphatic rings. The molecule has 0 bridgehead atoms. The summed E-state index contributed by atoms with van der Waals surface area (Å²) >= 11 is 0. The molecule has 0 aliphatic carbocycles. The first-order valence-electron chi connectivity index (χ1n) is 9.93. The predicted octanol–water partition coefficient (Wildman–Crippen LogP) is 4.98. The number of hydrogen-bond acceptors (Lipinski definition) is 5. The van der Waals surface area contributed by atoms with Gasteiger partial charge in [-0.05, 0) is 63.1 Å². The van der Waals surface area contributed by atoms with E-state index in [4.69, 9.17) is 0 Å². The fourth-order valence-electron chi connectivity index (χ4n) is 3.22. The number of nitrogens with zero attached hydrogens (tertiary/aromatic N) is 4. The molecule has 8 heteroatoms. The zero-order valence-electron chi connectivity index (χ0n) is 17.5. The number of aromatic nitrogens is 4. The summed E-state index contributed by atoms with van der Waals surface area (Å²) in [6.07, 6.45) is 5.67. The van der Waals surface area contributed by atoms with Gasteiger partial charge in [-0.1, -0.05) is 0 Å². The Morgan fingerprint density at radius 3 is 2.68 bits per heavy atom. The van der Waals surface area contributed by atoms with Gasteiger partial charge in [0.1, 0.15) is 22.7 Å². The standard InChI is InChI=1S/C23H23F2N5O/c1-14-12-27-20(16-10-15(24)4-5-17(16)25)11-19(14)28-18-6-8-26-21-13-30(29-22(18)21)9-7-23(2,3)31/h4-6,8,10-13,31H,7,9H2,1-3H3,(H,27,28). The fourth-order valence-corrected chi connectivity index (χ4v) is 3.22. The SMILES string of the molecule is Cc1cnc(-c2cc(F)ccc2F)cc1Nc1ccnc2cn(CCC(C)(C)O)nc12. The maximum atomic E-state index is 14.2. The van der Waals surface area contributed by atoms with Gasteiger partial charge in [-0.25, -0.2) is 8.78 Å². The molecular formula is C23H23F2N5O. The van der Waals surface area contributed by atoms with Crippen molar-refractivity contribution in [3.8, 4) is 11.3 Å². The third-order valence-corrected chi connectivity index (χ3v) is 4.98. The first-order valence-corrected chi connectivity index (χ1v) is 9.93. The van der Waals surface area contributed by atoms with Crippen molar-refractivity contribution in [3.05, 3.63) is 66.1 Å². The van der Waals surface area contributed by atoms with Gasteiger partial charge in [0, 0.05) is 30.2 Å². The van der Waals surface area contributed by atoms with Gasteiger partial charge in [-0.3, -0.25) is 14.6 Å². The van der Waals surface area contributed by atoms with Crippen molar-refractivity contribution in [1.29, 1.82) is 0 Å². The topological polar surface area (TPSA) is 75.9 Å². The maximum Gasteiger partial charge on any atom is 0.134 e. The Bertz CT molecular complexity index is 1250. The molecule has 0 fully saturated rings. The summed E-state index contributed by atoms with van der Waals surface area (Å²) in [7, 11) is 0. The molecule has 31 heavy (non-hydrogen) atoms. The minimum Gasteiger partial charge on any atom is -0.390 e. The number of benzene rings is 1. The molecule has 160 valence electrons. The molecule has 6 nitrogen and oxygen atoms in total. The summed E-state index contributed by atoms with van der Waals surface area (Å²) in [4.78, 5) is 8.63. The number of aryl methyl sites for hydroxylation is 2. The molecule has 0 amide bonds. The Morgan fingerprint density at radius 1 is 1.10 bits per heavy atom. The van der Waals surface area contributed by atoms with Crippen LogP contribution in [0.5, 0.6) is 0 Å². The van der Waals surface area contributed by atoms with Gasteiger partial charge in [0.25, 0.3) is 0 Å². The Hall–Kier alpha value is -3.39. The van der Waals surface area contributed by atoms with Gasteiger partial charge in [0.05, 0.1) is 23.2 Å². The molecular weight excluding hydrogens is 400 g/mol. The van der Waals surface area contributed by atoms with Gasteiger partial charge < -0.3 is 10.4 Å². The number of aliphatic hydroxyl groups is 1. The van der Waals surface area contributed by atoms with Gasteiger partial charge in [0.2, 0.25) is 0 Å². The maximum absolute atomic E-state index is 14.2. The second-order valence-electron chi connectivity index (χ2n) is 8.18. The zero-order chi connectivity index (χ0) is 22.2. The minimum atomic E-state index is -0.788. The van der Waals surface area contributed by atoms with Crippen molar-refractivity contribution in [2.75, 3.05) is 5.32 Å². The van der Waals surface area contributed by atoms with Gasteiger partial charge in [-0.15, -0.1) is 0 Å². The van der Waals surface area contributed by atoms with E-state index >= 15 is 0 Å². The highest BCUT2D eigenvalue weighted by Crippen LogP contribution is 2.30. The van der Waals surface area contributed by atoms with Crippen LogP contribution in [0.2, 0.25) is 0 Å². The van der Waals surface area contributed by atoms with Crippen LogP contribution in [-0.4, -0.2) is 30.5 Å². The molecule has 0 atom stereocenters. The second-order valence-corrected chi connectivity index (χ2v) is 8.18. The van der Waals surface area contributed by atoms with Crippen molar-refractivity contribution >= 4 is 22.4 Å². The smallest absolute Gasteiger partial charge is 0.134 e. The van der Waals surface area contributed by atoms with Crippen molar-refractivity contribution < 1.29 is 13.9 Å². The zero-order valence-corrected chi connectivity index (χ0v) is 17.5. The van der Waals surface area contributed by atoms with E-state index in [-0.39, 0.29) is 5.56 Å². The Labute approximate surface area is 178 Å². The van der Waals surface area contributed by atoms with Crippen molar-refractivity contribution in [2.45, 2.75) is 39.3 Å². The average Bonchev–Trinajstić information content (AvgIpc) is 3.14. The summed E-state index contributed by atoms with van der Waals surface area (Å²) in [6, 6.07) is 6.79. The molecule has 0 aliphatic heterocycles. The van der Waals surface area contributed by atoms with Gasteiger partial charge in [-0.2, -0.15) is 5.10 Å². The van der Waals surface area contributed by atoms with E-state index in [0.717, 1.165) is 29.4 Å².